The van der Waals surface area contributed by atoms with Crippen LogP contribution in [0.1, 0.15) is 51.0 Å². The summed E-state index contributed by atoms with van der Waals surface area (Å²) >= 11 is 0. The van der Waals surface area contributed by atoms with Gasteiger partial charge in [0.05, 0.1) is 14.2 Å². The van der Waals surface area contributed by atoms with Crippen LogP contribution in [0.3, 0.4) is 0 Å². The van der Waals surface area contributed by atoms with Gasteiger partial charge in [0, 0.05) is 43.6 Å². The van der Waals surface area contributed by atoms with Crippen LogP contribution in [0.25, 0.3) is 0 Å². The summed E-state index contributed by atoms with van der Waals surface area (Å²) in [5.41, 5.74) is 0.970. The van der Waals surface area contributed by atoms with E-state index in [0.717, 1.165) is 49.2 Å². The Morgan fingerprint density at radius 1 is 1.11 bits per heavy atom. The second-order valence-electron chi connectivity index (χ2n) is 7.78. The highest BCUT2D eigenvalue weighted by Gasteiger charge is 2.37. The SMILES string of the molecule is CCCC(=O)N1CCC(C(=O)N(Cc2cc(OC)ccc2OC)C2CC2)CC1. The van der Waals surface area contributed by atoms with E-state index in [1.165, 1.54) is 0 Å². The van der Waals surface area contributed by atoms with Crippen LogP contribution in [-0.2, 0) is 16.1 Å². The van der Waals surface area contributed by atoms with E-state index in [-0.39, 0.29) is 17.7 Å². The molecule has 0 spiro atoms. The van der Waals surface area contributed by atoms with Gasteiger partial charge in [0.25, 0.3) is 0 Å². The van der Waals surface area contributed by atoms with Gasteiger partial charge in [-0.15, -0.1) is 0 Å². The van der Waals surface area contributed by atoms with Gasteiger partial charge in [-0.05, 0) is 50.3 Å². The predicted molar refractivity (Wildman–Crippen MR) is 107 cm³/mol. The monoisotopic (exact) mass is 388 g/mol. The van der Waals surface area contributed by atoms with E-state index in [2.05, 4.69) is 0 Å². The fourth-order valence-electron chi connectivity index (χ4n) is 3.94. The maximum atomic E-state index is 13.3. The molecular weight excluding hydrogens is 356 g/mol. The molecular formula is C22H32N2O4. The fraction of sp³-hybridized carbons (Fsp3) is 0.636. The van der Waals surface area contributed by atoms with Crippen molar-refractivity contribution in [2.45, 2.75) is 58.0 Å². The minimum absolute atomic E-state index is 0.00267. The van der Waals surface area contributed by atoms with E-state index in [1.807, 2.05) is 34.9 Å². The normalized spacial score (nSPS) is 17.3. The van der Waals surface area contributed by atoms with Crippen LogP contribution in [0.15, 0.2) is 18.2 Å². The number of nitrogens with zero attached hydrogens (tertiary/aromatic N) is 2. The Balaban J connectivity index is 1.67. The molecule has 0 atom stereocenters. The Labute approximate surface area is 167 Å². The van der Waals surface area contributed by atoms with Crippen molar-refractivity contribution in [3.63, 3.8) is 0 Å². The van der Waals surface area contributed by atoms with Crippen LogP contribution in [0.4, 0.5) is 0 Å². The molecule has 1 aromatic rings. The smallest absolute Gasteiger partial charge is 0.226 e. The molecule has 1 saturated carbocycles. The summed E-state index contributed by atoms with van der Waals surface area (Å²) in [6.45, 7) is 3.94. The zero-order valence-electron chi connectivity index (χ0n) is 17.3. The predicted octanol–water partition coefficient (Wildman–Crippen LogP) is 3.23. The fourth-order valence-corrected chi connectivity index (χ4v) is 3.94. The van der Waals surface area contributed by atoms with Crippen molar-refractivity contribution in [2.75, 3.05) is 27.3 Å². The molecule has 0 N–H and O–H groups in total. The summed E-state index contributed by atoms with van der Waals surface area (Å²) < 4.78 is 10.8. The van der Waals surface area contributed by atoms with E-state index in [1.54, 1.807) is 14.2 Å². The van der Waals surface area contributed by atoms with Crippen LogP contribution in [0.2, 0.25) is 0 Å². The highest BCUT2D eigenvalue weighted by atomic mass is 16.5. The van der Waals surface area contributed by atoms with Crippen LogP contribution < -0.4 is 9.47 Å². The molecule has 0 aromatic heterocycles. The summed E-state index contributed by atoms with van der Waals surface area (Å²) in [6, 6.07) is 6.03. The molecule has 0 radical (unpaired) electrons. The van der Waals surface area contributed by atoms with Gasteiger partial charge >= 0.3 is 0 Å². The maximum absolute atomic E-state index is 13.3. The molecule has 1 aromatic carbocycles. The van der Waals surface area contributed by atoms with Gasteiger partial charge in [-0.25, -0.2) is 0 Å². The summed E-state index contributed by atoms with van der Waals surface area (Å²) in [5.74, 6) is 1.98. The minimum atomic E-state index is 0.00267. The molecule has 2 aliphatic rings. The first-order chi connectivity index (χ1) is 13.6. The molecule has 2 amide bonds. The van der Waals surface area contributed by atoms with Crippen LogP contribution in [-0.4, -0.2) is 55.0 Å². The molecule has 3 rings (SSSR count). The third-order valence-corrected chi connectivity index (χ3v) is 5.76. The lowest BCUT2D eigenvalue weighted by Gasteiger charge is -2.34. The van der Waals surface area contributed by atoms with Crippen molar-refractivity contribution < 1.29 is 19.1 Å². The molecule has 0 unspecified atom stereocenters. The Kier molecular flexibility index (Phi) is 6.81. The topological polar surface area (TPSA) is 59.1 Å². The molecule has 1 saturated heterocycles. The van der Waals surface area contributed by atoms with Gasteiger partial charge in [-0.1, -0.05) is 6.92 Å². The summed E-state index contributed by atoms with van der Waals surface area (Å²) in [5, 5.41) is 0. The second-order valence-corrected chi connectivity index (χ2v) is 7.78. The van der Waals surface area contributed by atoms with Crippen molar-refractivity contribution in [2.24, 2.45) is 5.92 Å². The van der Waals surface area contributed by atoms with E-state index in [9.17, 15) is 9.59 Å². The van der Waals surface area contributed by atoms with E-state index in [4.69, 9.17) is 9.47 Å². The number of likely N-dealkylation sites (tertiary alicyclic amines) is 1. The number of hydrogen-bond donors (Lipinski definition) is 0. The number of carbonyl (C=O) groups is 2. The number of ether oxygens (including phenoxy) is 2. The second kappa shape index (κ2) is 9.30. The first-order valence-corrected chi connectivity index (χ1v) is 10.4. The Morgan fingerprint density at radius 3 is 2.39 bits per heavy atom. The van der Waals surface area contributed by atoms with Crippen molar-refractivity contribution in [1.82, 2.24) is 9.80 Å². The Hall–Kier alpha value is -2.24. The van der Waals surface area contributed by atoms with Gasteiger partial charge in [-0.3, -0.25) is 9.59 Å². The van der Waals surface area contributed by atoms with Crippen LogP contribution >= 0.6 is 0 Å². The summed E-state index contributed by atoms with van der Waals surface area (Å²) in [7, 11) is 3.29. The number of rotatable bonds is 8. The average molecular weight is 389 g/mol. The molecule has 1 heterocycles. The third-order valence-electron chi connectivity index (χ3n) is 5.76. The number of hydrogen-bond acceptors (Lipinski definition) is 4. The summed E-state index contributed by atoms with van der Waals surface area (Å²) in [4.78, 5) is 29.3. The first-order valence-electron chi connectivity index (χ1n) is 10.4. The van der Waals surface area contributed by atoms with Crippen molar-refractivity contribution in [3.8, 4) is 11.5 Å². The van der Waals surface area contributed by atoms with Crippen molar-refractivity contribution in [1.29, 1.82) is 0 Å². The van der Waals surface area contributed by atoms with Crippen LogP contribution in [0.5, 0.6) is 11.5 Å². The maximum Gasteiger partial charge on any atom is 0.226 e. The van der Waals surface area contributed by atoms with Gasteiger partial charge in [0.15, 0.2) is 0 Å². The van der Waals surface area contributed by atoms with E-state index in [0.29, 0.717) is 32.1 Å². The lowest BCUT2D eigenvalue weighted by Crippen LogP contribution is -2.44. The molecule has 0 bridgehead atoms. The highest BCUT2D eigenvalue weighted by Crippen LogP contribution is 2.34. The lowest BCUT2D eigenvalue weighted by atomic mass is 9.94. The minimum Gasteiger partial charge on any atom is -0.497 e. The largest absolute Gasteiger partial charge is 0.497 e. The van der Waals surface area contributed by atoms with Gasteiger partial charge in [-0.2, -0.15) is 0 Å². The third kappa shape index (κ3) is 4.78. The average Bonchev–Trinajstić information content (AvgIpc) is 3.56. The first kappa shape index (κ1) is 20.5. The number of methoxy groups -OCH3 is 2. The molecule has 1 aliphatic heterocycles. The Morgan fingerprint density at radius 2 is 1.82 bits per heavy atom. The zero-order chi connectivity index (χ0) is 20.1. The number of carbonyl (C=O) groups excluding carboxylic acids is 2. The molecule has 2 fully saturated rings. The standard InChI is InChI=1S/C22H32N2O4/c1-4-5-21(25)23-12-10-16(11-13-23)22(26)24(18-6-7-18)15-17-14-19(27-2)8-9-20(17)28-3/h8-9,14,16,18H,4-7,10-13,15H2,1-3H3. The molecule has 1 aliphatic carbocycles. The van der Waals surface area contributed by atoms with Crippen molar-refractivity contribution in [3.05, 3.63) is 23.8 Å². The molecule has 28 heavy (non-hydrogen) atoms. The van der Waals surface area contributed by atoms with Crippen molar-refractivity contribution >= 4 is 11.8 Å². The van der Waals surface area contributed by atoms with Gasteiger partial charge < -0.3 is 19.3 Å². The number of benzene rings is 1. The van der Waals surface area contributed by atoms with Crippen LogP contribution in [0, 0.1) is 5.92 Å². The molecule has 154 valence electrons. The zero-order valence-corrected chi connectivity index (χ0v) is 17.3. The Bertz CT molecular complexity index is 694. The molecule has 6 nitrogen and oxygen atoms in total. The number of piperidine rings is 1. The quantitative estimate of drug-likeness (QED) is 0.686. The lowest BCUT2D eigenvalue weighted by molar-refractivity contribution is -0.141. The molecule has 6 heteroatoms. The summed E-state index contributed by atoms with van der Waals surface area (Å²) in [6.07, 6.45) is 5.11. The number of amides is 2. The van der Waals surface area contributed by atoms with E-state index < -0.39 is 0 Å². The van der Waals surface area contributed by atoms with Gasteiger partial charge in [0.2, 0.25) is 11.8 Å². The van der Waals surface area contributed by atoms with E-state index >= 15 is 0 Å². The van der Waals surface area contributed by atoms with Gasteiger partial charge in [0.1, 0.15) is 11.5 Å². The highest BCUT2D eigenvalue weighted by molar-refractivity contribution is 5.81.